The molecule has 0 bridgehead atoms. The normalized spacial score (nSPS) is 21.5. The molecule has 2 amide bonds. The van der Waals surface area contributed by atoms with E-state index in [1.807, 2.05) is 7.05 Å². The minimum absolute atomic E-state index is 0. The summed E-state index contributed by atoms with van der Waals surface area (Å²) < 4.78 is 5.22. The van der Waals surface area contributed by atoms with Crippen molar-refractivity contribution in [3.63, 3.8) is 0 Å². The van der Waals surface area contributed by atoms with Gasteiger partial charge in [0.15, 0.2) is 0 Å². The Hall–Kier alpha value is -0.850. The molecule has 0 spiro atoms. The molecule has 2 aliphatic rings. The van der Waals surface area contributed by atoms with Gasteiger partial charge < -0.3 is 20.7 Å². The molecule has 3 N–H and O–H groups in total. The van der Waals surface area contributed by atoms with Crippen molar-refractivity contribution >= 4 is 24.2 Å². The fourth-order valence-corrected chi connectivity index (χ4v) is 3.09. The molecule has 128 valence electrons. The van der Waals surface area contributed by atoms with Crippen LogP contribution in [0.2, 0.25) is 0 Å². The van der Waals surface area contributed by atoms with Crippen molar-refractivity contribution in [2.75, 3.05) is 26.8 Å². The molecule has 0 aromatic carbocycles. The molecule has 2 fully saturated rings. The molecule has 0 aromatic heterocycles. The van der Waals surface area contributed by atoms with Crippen LogP contribution in [0.25, 0.3) is 0 Å². The molecule has 2 rings (SSSR count). The maximum atomic E-state index is 12.2. The molecule has 0 aromatic rings. The van der Waals surface area contributed by atoms with Crippen LogP contribution < -0.4 is 11.1 Å². The summed E-state index contributed by atoms with van der Waals surface area (Å²) in [6.07, 6.45) is 6.76. The lowest BCUT2D eigenvalue weighted by atomic mass is 9.90. The Labute approximate surface area is 138 Å². The van der Waals surface area contributed by atoms with E-state index >= 15 is 0 Å². The molecule has 1 saturated heterocycles. The molecular weight excluding hydrogens is 306 g/mol. The highest BCUT2D eigenvalue weighted by atomic mass is 35.5. The highest BCUT2D eigenvalue weighted by Gasteiger charge is 2.36. The molecule has 22 heavy (non-hydrogen) atoms. The van der Waals surface area contributed by atoms with Gasteiger partial charge in [0.2, 0.25) is 11.8 Å². The minimum Gasteiger partial charge on any atom is -0.381 e. The number of rotatable bonds is 4. The standard InChI is InChI=1S/C15H27N3O3.ClH/c1-18(12-5-3-2-4-6-12)13(19)11-17-14(20)15(16)7-9-21-10-8-15;/h12H,2-11,16H2,1H3,(H,17,20);1H. The van der Waals surface area contributed by atoms with E-state index in [0.717, 1.165) is 12.8 Å². The van der Waals surface area contributed by atoms with Crippen molar-refractivity contribution in [2.45, 2.75) is 56.5 Å². The van der Waals surface area contributed by atoms with Crippen LogP contribution in [0, 0.1) is 0 Å². The second kappa shape index (κ2) is 8.70. The van der Waals surface area contributed by atoms with Gasteiger partial charge in [0, 0.05) is 26.3 Å². The molecule has 1 saturated carbocycles. The number of halogens is 1. The third-order valence-electron chi connectivity index (χ3n) is 4.75. The summed E-state index contributed by atoms with van der Waals surface area (Å²) in [6, 6.07) is 0.318. The predicted molar refractivity (Wildman–Crippen MR) is 86.9 cm³/mol. The molecular formula is C15H28ClN3O3. The smallest absolute Gasteiger partial charge is 0.241 e. The summed E-state index contributed by atoms with van der Waals surface area (Å²) in [5.74, 6) is -0.276. The molecule has 1 aliphatic heterocycles. The highest BCUT2D eigenvalue weighted by Crippen LogP contribution is 2.21. The van der Waals surface area contributed by atoms with Crippen molar-refractivity contribution in [2.24, 2.45) is 5.73 Å². The number of likely N-dealkylation sites (N-methyl/N-ethyl adjacent to an activating group) is 1. The lowest BCUT2D eigenvalue weighted by molar-refractivity contribution is -0.136. The Morgan fingerprint density at radius 1 is 1.23 bits per heavy atom. The summed E-state index contributed by atoms with van der Waals surface area (Å²) in [5, 5.41) is 2.70. The summed E-state index contributed by atoms with van der Waals surface area (Å²) in [5.41, 5.74) is 5.20. The maximum absolute atomic E-state index is 12.2. The summed E-state index contributed by atoms with van der Waals surface area (Å²) >= 11 is 0. The second-order valence-corrected chi connectivity index (χ2v) is 6.25. The zero-order valence-corrected chi connectivity index (χ0v) is 14.1. The molecule has 7 heteroatoms. The van der Waals surface area contributed by atoms with Crippen molar-refractivity contribution in [3.8, 4) is 0 Å². The van der Waals surface area contributed by atoms with Crippen LogP contribution >= 0.6 is 12.4 Å². The summed E-state index contributed by atoms with van der Waals surface area (Å²) in [7, 11) is 1.83. The van der Waals surface area contributed by atoms with Crippen molar-refractivity contribution in [3.05, 3.63) is 0 Å². The van der Waals surface area contributed by atoms with E-state index in [1.54, 1.807) is 4.90 Å². The fourth-order valence-electron chi connectivity index (χ4n) is 3.09. The number of hydrogen-bond acceptors (Lipinski definition) is 4. The average Bonchev–Trinajstić information content (AvgIpc) is 2.53. The van der Waals surface area contributed by atoms with Crippen molar-refractivity contribution < 1.29 is 14.3 Å². The largest absolute Gasteiger partial charge is 0.381 e. The lowest BCUT2D eigenvalue weighted by Crippen LogP contribution is -2.58. The number of nitrogens with one attached hydrogen (secondary N) is 1. The van der Waals surface area contributed by atoms with Gasteiger partial charge in [-0.2, -0.15) is 0 Å². The Bertz CT molecular complexity index is 380. The van der Waals surface area contributed by atoms with Gasteiger partial charge >= 0.3 is 0 Å². The SMILES string of the molecule is CN(C(=O)CNC(=O)C1(N)CCOCC1)C1CCCCC1.Cl. The monoisotopic (exact) mass is 333 g/mol. The number of ether oxygens (including phenoxy) is 1. The van der Waals surface area contributed by atoms with Crippen LogP contribution in [0.4, 0.5) is 0 Å². The minimum atomic E-state index is -0.887. The third-order valence-corrected chi connectivity index (χ3v) is 4.75. The van der Waals surface area contributed by atoms with Crippen LogP contribution in [-0.4, -0.2) is 55.1 Å². The third kappa shape index (κ3) is 4.83. The van der Waals surface area contributed by atoms with Gasteiger partial charge in [-0.15, -0.1) is 12.4 Å². The van der Waals surface area contributed by atoms with Crippen LogP contribution in [-0.2, 0) is 14.3 Å². The van der Waals surface area contributed by atoms with Crippen LogP contribution in [0.1, 0.15) is 44.9 Å². The number of nitrogens with two attached hydrogens (primary N) is 1. The number of carbonyl (C=O) groups is 2. The van der Waals surface area contributed by atoms with Gasteiger partial charge in [0.25, 0.3) is 0 Å². The number of carbonyl (C=O) groups excluding carboxylic acids is 2. The van der Waals surface area contributed by atoms with Gasteiger partial charge in [-0.1, -0.05) is 19.3 Å². The molecule has 0 unspecified atom stereocenters. The van der Waals surface area contributed by atoms with E-state index in [1.165, 1.54) is 19.3 Å². The van der Waals surface area contributed by atoms with Crippen molar-refractivity contribution in [1.29, 1.82) is 0 Å². The average molecular weight is 334 g/mol. The number of nitrogens with zero attached hydrogens (tertiary/aromatic N) is 1. The van der Waals surface area contributed by atoms with E-state index in [9.17, 15) is 9.59 Å². The first kappa shape index (κ1) is 19.2. The van der Waals surface area contributed by atoms with Crippen LogP contribution in [0.3, 0.4) is 0 Å². The number of hydrogen-bond donors (Lipinski definition) is 2. The summed E-state index contributed by atoms with van der Waals surface area (Å²) in [6.45, 7) is 1.03. The summed E-state index contributed by atoms with van der Waals surface area (Å²) in [4.78, 5) is 26.1. The first-order valence-corrected chi connectivity index (χ1v) is 7.93. The topological polar surface area (TPSA) is 84.7 Å². The lowest BCUT2D eigenvalue weighted by Gasteiger charge is -2.33. The maximum Gasteiger partial charge on any atom is 0.241 e. The zero-order chi connectivity index (χ0) is 15.3. The van der Waals surface area contributed by atoms with Gasteiger partial charge in [-0.25, -0.2) is 0 Å². The Kier molecular flexibility index (Phi) is 7.59. The second-order valence-electron chi connectivity index (χ2n) is 6.25. The Balaban J connectivity index is 0.00000242. The molecule has 0 radical (unpaired) electrons. The molecule has 0 atom stereocenters. The first-order chi connectivity index (χ1) is 10.0. The van der Waals surface area contributed by atoms with Gasteiger partial charge in [-0.3, -0.25) is 9.59 Å². The van der Waals surface area contributed by atoms with E-state index in [-0.39, 0.29) is 30.8 Å². The highest BCUT2D eigenvalue weighted by molar-refractivity contribution is 5.90. The molecule has 1 heterocycles. The molecule has 6 nitrogen and oxygen atoms in total. The van der Waals surface area contributed by atoms with E-state index in [2.05, 4.69) is 5.32 Å². The fraction of sp³-hybridized carbons (Fsp3) is 0.867. The van der Waals surface area contributed by atoms with E-state index < -0.39 is 5.54 Å². The van der Waals surface area contributed by atoms with Crippen molar-refractivity contribution in [1.82, 2.24) is 10.2 Å². The van der Waals surface area contributed by atoms with E-state index in [0.29, 0.717) is 32.1 Å². The van der Waals surface area contributed by atoms with Crippen LogP contribution in [0.15, 0.2) is 0 Å². The first-order valence-electron chi connectivity index (χ1n) is 7.93. The quantitative estimate of drug-likeness (QED) is 0.798. The number of amides is 2. The Morgan fingerprint density at radius 3 is 2.41 bits per heavy atom. The Morgan fingerprint density at radius 2 is 1.82 bits per heavy atom. The molecule has 1 aliphatic carbocycles. The zero-order valence-electron chi connectivity index (χ0n) is 13.3. The van der Waals surface area contributed by atoms with E-state index in [4.69, 9.17) is 10.5 Å². The van der Waals surface area contributed by atoms with Gasteiger partial charge in [-0.05, 0) is 25.7 Å². The van der Waals surface area contributed by atoms with Gasteiger partial charge in [0.05, 0.1) is 12.1 Å². The predicted octanol–water partition coefficient (Wildman–Crippen LogP) is 0.823. The van der Waals surface area contributed by atoms with Crippen LogP contribution in [0.5, 0.6) is 0 Å². The van der Waals surface area contributed by atoms with Gasteiger partial charge in [0.1, 0.15) is 0 Å².